The minimum atomic E-state index is -0.366. The Kier molecular flexibility index (Phi) is 6.08. The molecule has 0 fully saturated rings. The molecule has 0 spiro atoms. The van der Waals surface area contributed by atoms with Crippen LogP contribution >= 0.6 is 15.9 Å². The third-order valence-corrected chi connectivity index (χ3v) is 3.21. The van der Waals surface area contributed by atoms with Gasteiger partial charge in [0.2, 0.25) is 5.78 Å². The van der Waals surface area contributed by atoms with Crippen molar-refractivity contribution in [2.75, 3.05) is 6.61 Å². The molecule has 3 nitrogen and oxygen atoms in total. The molecule has 0 aliphatic heterocycles. The van der Waals surface area contributed by atoms with Crippen molar-refractivity contribution in [3.8, 4) is 0 Å². The van der Waals surface area contributed by atoms with Gasteiger partial charge in [0.15, 0.2) is 5.78 Å². The van der Waals surface area contributed by atoms with Gasteiger partial charge in [-0.3, -0.25) is 9.59 Å². The van der Waals surface area contributed by atoms with Gasteiger partial charge in [-0.2, -0.15) is 0 Å². The average molecular weight is 299 g/mol. The summed E-state index contributed by atoms with van der Waals surface area (Å²) in [7, 11) is 0. The van der Waals surface area contributed by atoms with Crippen LogP contribution in [0.15, 0.2) is 28.7 Å². The molecule has 0 aromatic heterocycles. The summed E-state index contributed by atoms with van der Waals surface area (Å²) >= 11 is 3.34. The van der Waals surface area contributed by atoms with Crippen molar-refractivity contribution in [1.82, 2.24) is 0 Å². The van der Waals surface area contributed by atoms with E-state index in [0.29, 0.717) is 12.8 Å². The Morgan fingerprint density at radius 2 is 1.82 bits per heavy atom. The van der Waals surface area contributed by atoms with Crippen LogP contribution in [0.2, 0.25) is 0 Å². The fourth-order valence-corrected chi connectivity index (χ4v) is 1.88. The zero-order valence-electron chi connectivity index (χ0n) is 9.49. The molecule has 0 aliphatic carbocycles. The molecule has 4 heteroatoms. The van der Waals surface area contributed by atoms with E-state index in [-0.39, 0.29) is 31.0 Å². The van der Waals surface area contributed by atoms with E-state index in [1.807, 2.05) is 24.3 Å². The number of carbonyl (C=O) groups is 2. The highest BCUT2D eigenvalue weighted by Crippen LogP contribution is 2.16. The number of aliphatic hydroxyl groups is 1. The molecular formula is C13H15BrO3. The summed E-state index contributed by atoms with van der Waals surface area (Å²) in [4.78, 5) is 23.1. The number of benzene rings is 1. The summed E-state index contributed by atoms with van der Waals surface area (Å²) in [6.07, 6.45) is 1.49. The number of Topliss-reactive ketones (excluding diaryl/α,β-unsaturated/α-hetero) is 2. The molecule has 0 saturated carbocycles. The summed E-state index contributed by atoms with van der Waals surface area (Å²) in [5.74, 6) is -0.718. The van der Waals surface area contributed by atoms with Gasteiger partial charge < -0.3 is 5.11 Å². The Morgan fingerprint density at radius 1 is 1.12 bits per heavy atom. The lowest BCUT2D eigenvalue weighted by Gasteiger charge is -2.03. The second-order valence-electron chi connectivity index (χ2n) is 3.80. The Balaban J connectivity index is 2.49. The van der Waals surface area contributed by atoms with Crippen LogP contribution in [-0.4, -0.2) is 23.3 Å². The maximum atomic E-state index is 11.6. The Labute approximate surface area is 109 Å². The molecule has 0 aliphatic rings. The summed E-state index contributed by atoms with van der Waals surface area (Å²) in [6.45, 7) is 0.0612. The van der Waals surface area contributed by atoms with Gasteiger partial charge in [0.25, 0.3) is 0 Å². The molecule has 17 heavy (non-hydrogen) atoms. The van der Waals surface area contributed by atoms with Crippen LogP contribution in [0.4, 0.5) is 0 Å². The number of carbonyl (C=O) groups excluding carboxylic acids is 2. The number of aliphatic hydroxyl groups excluding tert-OH is 1. The molecule has 0 bridgehead atoms. The first-order valence-corrected chi connectivity index (χ1v) is 6.34. The summed E-state index contributed by atoms with van der Waals surface area (Å²) in [5, 5.41) is 8.59. The normalized spacial score (nSPS) is 10.2. The van der Waals surface area contributed by atoms with Gasteiger partial charge in [0.1, 0.15) is 0 Å². The first kappa shape index (κ1) is 14.1. The number of unbranched alkanes of at least 4 members (excludes halogenated alkanes) is 1. The number of ketones is 2. The van der Waals surface area contributed by atoms with E-state index < -0.39 is 0 Å². The lowest BCUT2D eigenvalue weighted by molar-refractivity contribution is -0.136. The number of rotatable bonds is 7. The lowest BCUT2D eigenvalue weighted by atomic mass is 10.0. The van der Waals surface area contributed by atoms with Gasteiger partial charge in [-0.15, -0.1) is 0 Å². The minimum absolute atomic E-state index is 0.0612. The Morgan fingerprint density at radius 3 is 2.47 bits per heavy atom. The van der Waals surface area contributed by atoms with E-state index in [0.717, 1.165) is 10.0 Å². The van der Waals surface area contributed by atoms with E-state index in [9.17, 15) is 9.59 Å². The fourth-order valence-electron chi connectivity index (χ4n) is 1.45. The molecular weight excluding hydrogens is 284 g/mol. The third kappa shape index (κ3) is 4.79. The van der Waals surface area contributed by atoms with Gasteiger partial charge >= 0.3 is 0 Å². The van der Waals surface area contributed by atoms with E-state index in [1.165, 1.54) is 0 Å². The second-order valence-corrected chi connectivity index (χ2v) is 4.65. The van der Waals surface area contributed by atoms with Gasteiger partial charge in [-0.25, -0.2) is 0 Å². The number of hydrogen-bond acceptors (Lipinski definition) is 3. The quantitative estimate of drug-likeness (QED) is 0.621. The monoisotopic (exact) mass is 298 g/mol. The second kappa shape index (κ2) is 7.35. The van der Waals surface area contributed by atoms with E-state index in [2.05, 4.69) is 15.9 Å². The zero-order valence-corrected chi connectivity index (χ0v) is 11.1. The summed E-state index contributed by atoms with van der Waals surface area (Å²) in [5.41, 5.74) is 0.827. The Bertz CT molecular complexity index is 401. The van der Waals surface area contributed by atoms with E-state index in [4.69, 9.17) is 5.11 Å². The van der Waals surface area contributed by atoms with Crippen molar-refractivity contribution >= 4 is 27.5 Å². The van der Waals surface area contributed by atoms with Gasteiger partial charge in [0.05, 0.1) is 0 Å². The van der Waals surface area contributed by atoms with Crippen molar-refractivity contribution in [2.24, 2.45) is 0 Å². The van der Waals surface area contributed by atoms with Crippen LogP contribution in [0.3, 0.4) is 0 Å². The SMILES string of the molecule is O=C(CCCCO)C(=O)Cc1ccccc1Br. The van der Waals surface area contributed by atoms with E-state index >= 15 is 0 Å². The summed E-state index contributed by atoms with van der Waals surface area (Å²) < 4.78 is 0.844. The molecule has 1 N–H and O–H groups in total. The van der Waals surface area contributed by atoms with Crippen LogP contribution in [-0.2, 0) is 16.0 Å². The molecule has 92 valence electrons. The smallest absolute Gasteiger partial charge is 0.202 e. The van der Waals surface area contributed by atoms with Crippen molar-refractivity contribution in [1.29, 1.82) is 0 Å². The molecule has 0 unspecified atom stereocenters. The van der Waals surface area contributed by atoms with Crippen LogP contribution in [0, 0.1) is 0 Å². The van der Waals surface area contributed by atoms with Gasteiger partial charge in [0, 0.05) is 23.9 Å². The standard InChI is InChI=1S/C13H15BrO3/c14-11-6-2-1-5-10(11)9-13(17)12(16)7-3-4-8-15/h1-2,5-6,15H,3-4,7-9H2. The Hall–Kier alpha value is -1.000. The molecule has 0 amide bonds. The summed E-state index contributed by atoms with van der Waals surface area (Å²) in [6, 6.07) is 7.37. The van der Waals surface area contributed by atoms with Crippen molar-refractivity contribution < 1.29 is 14.7 Å². The van der Waals surface area contributed by atoms with Gasteiger partial charge in [-0.1, -0.05) is 34.1 Å². The predicted octanol–water partition coefficient (Wildman–Crippen LogP) is 2.29. The van der Waals surface area contributed by atoms with Gasteiger partial charge in [-0.05, 0) is 24.5 Å². The van der Waals surface area contributed by atoms with Crippen molar-refractivity contribution in [3.63, 3.8) is 0 Å². The highest BCUT2D eigenvalue weighted by molar-refractivity contribution is 9.10. The van der Waals surface area contributed by atoms with Crippen LogP contribution in [0.1, 0.15) is 24.8 Å². The topological polar surface area (TPSA) is 54.4 Å². The molecule has 0 atom stereocenters. The van der Waals surface area contributed by atoms with Crippen LogP contribution in [0.25, 0.3) is 0 Å². The highest BCUT2D eigenvalue weighted by Gasteiger charge is 2.14. The van der Waals surface area contributed by atoms with Crippen molar-refractivity contribution in [3.05, 3.63) is 34.3 Å². The third-order valence-electron chi connectivity index (χ3n) is 2.43. The predicted molar refractivity (Wildman–Crippen MR) is 68.8 cm³/mol. The fraction of sp³-hybridized carbons (Fsp3) is 0.385. The highest BCUT2D eigenvalue weighted by atomic mass is 79.9. The molecule has 1 aromatic rings. The maximum Gasteiger partial charge on any atom is 0.202 e. The molecule has 0 heterocycles. The lowest BCUT2D eigenvalue weighted by Crippen LogP contribution is -2.16. The number of halogens is 1. The zero-order chi connectivity index (χ0) is 12.7. The minimum Gasteiger partial charge on any atom is -0.396 e. The van der Waals surface area contributed by atoms with E-state index in [1.54, 1.807) is 0 Å². The maximum absolute atomic E-state index is 11.6. The van der Waals surface area contributed by atoms with Crippen LogP contribution < -0.4 is 0 Å². The van der Waals surface area contributed by atoms with Crippen molar-refractivity contribution in [2.45, 2.75) is 25.7 Å². The molecule has 1 rings (SSSR count). The average Bonchev–Trinajstić information content (AvgIpc) is 2.32. The largest absolute Gasteiger partial charge is 0.396 e. The number of hydrogen-bond donors (Lipinski definition) is 1. The first-order chi connectivity index (χ1) is 8.15. The van der Waals surface area contributed by atoms with Crippen LogP contribution in [0.5, 0.6) is 0 Å². The molecule has 1 aromatic carbocycles. The molecule has 0 saturated heterocycles. The molecule has 0 radical (unpaired) electrons. The first-order valence-electron chi connectivity index (χ1n) is 5.55.